The zero-order valence-corrected chi connectivity index (χ0v) is 12.8. The van der Waals surface area contributed by atoms with Crippen LogP contribution in [0.5, 0.6) is 0 Å². The maximum Gasteiger partial charge on any atom is 0.240 e. The molecule has 1 N–H and O–H groups in total. The molecule has 0 aliphatic carbocycles. The summed E-state index contributed by atoms with van der Waals surface area (Å²) < 4.78 is 0. The number of nitrogens with zero attached hydrogens (tertiary/aromatic N) is 1. The summed E-state index contributed by atoms with van der Waals surface area (Å²) in [6.45, 7) is 2.66. The van der Waals surface area contributed by atoms with Crippen LogP contribution in [-0.4, -0.2) is 36.5 Å². The van der Waals surface area contributed by atoms with Gasteiger partial charge in [0.05, 0.1) is 16.1 Å². The molecule has 0 aromatic heterocycles. The Hall–Kier alpha value is -0.770. The van der Waals surface area contributed by atoms with E-state index in [1.807, 2.05) is 23.1 Å². The number of carbonyl (C=O) groups excluding carboxylic acids is 1. The lowest BCUT2D eigenvalue weighted by atomic mass is 9.91. The summed E-state index contributed by atoms with van der Waals surface area (Å²) in [5, 5.41) is 4.47. The molecule has 1 aromatic rings. The standard InChI is InChI=1S/C15H18Cl2N2O/c16-12-4-3-10(9-13(12)17)11-5-6-18-14(11)15(20)19-7-1-2-8-19/h3-4,9,11,14,18H,1-2,5-8H2/t11?,14-/m1/s1. The number of rotatable bonds is 2. The Balaban J connectivity index is 1.80. The Kier molecular flexibility index (Phi) is 4.20. The predicted molar refractivity (Wildman–Crippen MR) is 81.4 cm³/mol. The van der Waals surface area contributed by atoms with Crippen molar-refractivity contribution >= 4 is 29.1 Å². The highest BCUT2D eigenvalue weighted by atomic mass is 35.5. The Morgan fingerprint density at radius 1 is 1.20 bits per heavy atom. The molecule has 2 fully saturated rings. The highest BCUT2D eigenvalue weighted by molar-refractivity contribution is 6.42. The Labute approximate surface area is 129 Å². The maximum atomic E-state index is 12.6. The Morgan fingerprint density at radius 2 is 1.95 bits per heavy atom. The zero-order chi connectivity index (χ0) is 14.1. The van der Waals surface area contributed by atoms with E-state index in [1.165, 1.54) is 0 Å². The molecule has 0 bridgehead atoms. The van der Waals surface area contributed by atoms with Crippen LogP contribution < -0.4 is 5.32 Å². The van der Waals surface area contributed by atoms with E-state index in [-0.39, 0.29) is 17.9 Å². The Morgan fingerprint density at radius 3 is 2.65 bits per heavy atom. The normalized spacial score (nSPS) is 26.2. The summed E-state index contributed by atoms with van der Waals surface area (Å²) in [5.74, 6) is 0.425. The minimum atomic E-state index is -0.120. The van der Waals surface area contributed by atoms with Crippen LogP contribution in [0.4, 0.5) is 0 Å². The number of nitrogens with one attached hydrogen (secondary N) is 1. The van der Waals surface area contributed by atoms with Crippen molar-refractivity contribution in [3.05, 3.63) is 33.8 Å². The lowest BCUT2D eigenvalue weighted by Crippen LogP contribution is -2.44. The van der Waals surface area contributed by atoms with Gasteiger partial charge in [-0.2, -0.15) is 0 Å². The lowest BCUT2D eigenvalue weighted by Gasteiger charge is -2.25. The second-order valence-corrected chi connectivity index (χ2v) is 6.35. The van der Waals surface area contributed by atoms with Crippen LogP contribution in [-0.2, 0) is 4.79 Å². The molecular formula is C15H18Cl2N2O. The highest BCUT2D eigenvalue weighted by Gasteiger charge is 2.36. The van der Waals surface area contributed by atoms with Gasteiger partial charge in [0.15, 0.2) is 0 Å². The molecule has 2 atom stereocenters. The van der Waals surface area contributed by atoms with Crippen molar-refractivity contribution in [2.45, 2.75) is 31.2 Å². The SMILES string of the molecule is O=C([C@@H]1NCCC1c1ccc(Cl)c(Cl)c1)N1CCCC1. The van der Waals surface area contributed by atoms with E-state index in [1.54, 1.807) is 0 Å². The monoisotopic (exact) mass is 312 g/mol. The van der Waals surface area contributed by atoms with E-state index in [0.29, 0.717) is 10.0 Å². The van der Waals surface area contributed by atoms with Crippen molar-refractivity contribution in [1.29, 1.82) is 0 Å². The summed E-state index contributed by atoms with van der Waals surface area (Å²) in [6, 6.07) is 5.57. The van der Waals surface area contributed by atoms with Gasteiger partial charge < -0.3 is 10.2 Å². The summed E-state index contributed by atoms with van der Waals surface area (Å²) in [4.78, 5) is 14.6. The summed E-state index contributed by atoms with van der Waals surface area (Å²) in [6.07, 6.45) is 3.20. The predicted octanol–water partition coefficient (Wildman–Crippen LogP) is 3.06. The fourth-order valence-electron chi connectivity index (χ4n) is 3.20. The number of benzene rings is 1. The number of likely N-dealkylation sites (tertiary alicyclic amines) is 1. The minimum absolute atomic E-state index is 0.120. The van der Waals surface area contributed by atoms with Crippen LogP contribution in [0.2, 0.25) is 10.0 Å². The first-order valence-electron chi connectivity index (χ1n) is 7.14. The average Bonchev–Trinajstić information content (AvgIpc) is 3.11. The third kappa shape index (κ3) is 2.67. The molecule has 0 saturated carbocycles. The van der Waals surface area contributed by atoms with Crippen molar-refractivity contribution in [3.8, 4) is 0 Å². The van der Waals surface area contributed by atoms with Gasteiger partial charge in [0, 0.05) is 19.0 Å². The van der Waals surface area contributed by atoms with Gasteiger partial charge in [0.25, 0.3) is 0 Å². The molecule has 0 radical (unpaired) electrons. The third-order valence-electron chi connectivity index (χ3n) is 4.28. The van der Waals surface area contributed by atoms with E-state index < -0.39 is 0 Å². The van der Waals surface area contributed by atoms with Crippen molar-refractivity contribution in [2.24, 2.45) is 0 Å². The second-order valence-electron chi connectivity index (χ2n) is 5.53. The van der Waals surface area contributed by atoms with Crippen LogP contribution in [0.1, 0.15) is 30.7 Å². The largest absolute Gasteiger partial charge is 0.341 e. The first kappa shape index (κ1) is 14.2. The molecule has 3 nitrogen and oxygen atoms in total. The van der Waals surface area contributed by atoms with E-state index in [4.69, 9.17) is 23.2 Å². The van der Waals surface area contributed by atoms with Crippen LogP contribution in [0.3, 0.4) is 0 Å². The summed E-state index contributed by atoms with van der Waals surface area (Å²) in [5.41, 5.74) is 1.10. The molecular weight excluding hydrogens is 295 g/mol. The number of amides is 1. The lowest BCUT2D eigenvalue weighted by molar-refractivity contribution is -0.132. The third-order valence-corrected chi connectivity index (χ3v) is 5.02. The van der Waals surface area contributed by atoms with E-state index >= 15 is 0 Å². The fraction of sp³-hybridized carbons (Fsp3) is 0.533. The molecule has 1 unspecified atom stereocenters. The molecule has 1 amide bonds. The van der Waals surface area contributed by atoms with Gasteiger partial charge in [-0.3, -0.25) is 4.79 Å². The molecule has 1 aromatic carbocycles. The van der Waals surface area contributed by atoms with E-state index in [2.05, 4.69) is 5.32 Å². The van der Waals surface area contributed by atoms with Crippen molar-refractivity contribution < 1.29 is 4.79 Å². The van der Waals surface area contributed by atoms with Gasteiger partial charge in [-0.25, -0.2) is 0 Å². The summed E-state index contributed by atoms with van der Waals surface area (Å²) in [7, 11) is 0. The van der Waals surface area contributed by atoms with Crippen molar-refractivity contribution in [1.82, 2.24) is 10.2 Å². The van der Waals surface area contributed by atoms with Crippen LogP contribution in [0, 0.1) is 0 Å². The first-order chi connectivity index (χ1) is 9.66. The molecule has 3 rings (SSSR count). The molecule has 20 heavy (non-hydrogen) atoms. The van der Waals surface area contributed by atoms with Crippen LogP contribution >= 0.6 is 23.2 Å². The van der Waals surface area contributed by atoms with Crippen LogP contribution in [0.25, 0.3) is 0 Å². The molecule has 2 aliphatic heterocycles. The molecule has 2 heterocycles. The Bertz CT molecular complexity index is 515. The first-order valence-corrected chi connectivity index (χ1v) is 7.89. The van der Waals surface area contributed by atoms with Crippen molar-refractivity contribution in [3.63, 3.8) is 0 Å². The second kappa shape index (κ2) is 5.92. The van der Waals surface area contributed by atoms with Gasteiger partial charge in [-0.1, -0.05) is 29.3 Å². The molecule has 2 saturated heterocycles. The van der Waals surface area contributed by atoms with Crippen molar-refractivity contribution in [2.75, 3.05) is 19.6 Å². The van der Waals surface area contributed by atoms with Gasteiger partial charge in [-0.15, -0.1) is 0 Å². The number of halogens is 2. The molecule has 5 heteroatoms. The quantitative estimate of drug-likeness (QED) is 0.910. The number of carbonyl (C=O) groups is 1. The molecule has 0 spiro atoms. The highest BCUT2D eigenvalue weighted by Crippen LogP contribution is 2.33. The van der Waals surface area contributed by atoms with Gasteiger partial charge in [0.2, 0.25) is 5.91 Å². The maximum absolute atomic E-state index is 12.6. The number of hydrogen-bond donors (Lipinski definition) is 1. The smallest absolute Gasteiger partial charge is 0.240 e. The van der Waals surface area contributed by atoms with Gasteiger partial charge in [-0.05, 0) is 43.5 Å². The van der Waals surface area contributed by atoms with Gasteiger partial charge in [0.1, 0.15) is 0 Å². The van der Waals surface area contributed by atoms with E-state index in [0.717, 1.165) is 44.5 Å². The molecule has 2 aliphatic rings. The fourth-order valence-corrected chi connectivity index (χ4v) is 3.51. The molecule has 108 valence electrons. The van der Waals surface area contributed by atoms with Crippen LogP contribution in [0.15, 0.2) is 18.2 Å². The minimum Gasteiger partial charge on any atom is -0.341 e. The van der Waals surface area contributed by atoms with Gasteiger partial charge >= 0.3 is 0 Å². The average molecular weight is 313 g/mol. The van der Waals surface area contributed by atoms with E-state index in [9.17, 15) is 4.79 Å². The summed E-state index contributed by atoms with van der Waals surface area (Å²) >= 11 is 12.1. The number of hydrogen-bond acceptors (Lipinski definition) is 2. The zero-order valence-electron chi connectivity index (χ0n) is 11.2. The topological polar surface area (TPSA) is 32.3 Å².